The zero-order valence-electron chi connectivity index (χ0n) is 10.7. The van der Waals surface area contributed by atoms with E-state index in [0.29, 0.717) is 17.9 Å². The lowest BCUT2D eigenvalue weighted by Gasteiger charge is -2.20. The Morgan fingerprint density at radius 2 is 1.78 bits per heavy atom. The van der Waals surface area contributed by atoms with E-state index >= 15 is 0 Å². The van der Waals surface area contributed by atoms with Crippen LogP contribution in [0.3, 0.4) is 0 Å². The Bertz CT molecular complexity index is 438. The highest BCUT2D eigenvalue weighted by Gasteiger charge is 2.37. The summed E-state index contributed by atoms with van der Waals surface area (Å²) < 4.78 is 10.4. The number of benzene rings is 1. The fourth-order valence-electron chi connectivity index (χ4n) is 2.24. The van der Waals surface area contributed by atoms with Crippen LogP contribution >= 0.6 is 0 Å². The maximum atomic E-state index is 11.6. The molecule has 1 heterocycles. The average Bonchev–Trinajstić information content (AvgIpc) is 2.65. The van der Waals surface area contributed by atoms with E-state index in [1.165, 1.54) is 0 Å². The molecule has 18 heavy (non-hydrogen) atoms. The first-order valence-electron chi connectivity index (χ1n) is 5.74. The number of carbonyl (C=O) groups excluding carboxylic acids is 1. The lowest BCUT2D eigenvalue weighted by Crippen LogP contribution is -2.26. The van der Waals surface area contributed by atoms with Crippen molar-refractivity contribution in [3.63, 3.8) is 0 Å². The first-order chi connectivity index (χ1) is 8.56. The molecule has 2 atom stereocenters. The highest BCUT2D eigenvalue weighted by molar-refractivity contribution is 5.83. The minimum absolute atomic E-state index is 0.142. The van der Waals surface area contributed by atoms with Crippen LogP contribution in [0.25, 0.3) is 0 Å². The van der Waals surface area contributed by atoms with Gasteiger partial charge in [0.2, 0.25) is 0 Å². The number of rotatable bonds is 3. The van der Waals surface area contributed by atoms with Crippen molar-refractivity contribution < 1.29 is 19.4 Å². The van der Waals surface area contributed by atoms with Crippen LogP contribution in [0.4, 0.5) is 0 Å². The van der Waals surface area contributed by atoms with E-state index in [9.17, 15) is 9.90 Å². The molecule has 0 unspecified atom stereocenters. The largest absolute Gasteiger partial charge is 0.497 e. The van der Waals surface area contributed by atoms with Crippen molar-refractivity contribution in [3.8, 4) is 11.5 Å². The van der Waals surface area contributed by atoms with Crippen molar-refractivity contribution in [3.05, 3.63) is 23.8 Å². The van der Waals surface area contributed by atoms with Crippen molar-refractivity contribution in [1.82, 2.24) is 4.90 Å². The minimum atomic E-state index is -0.919. The van der Waals surface area contributed by atoms with Crippen molar-refractivity contribution in [2.45, 2.75) is 18.6 Å². The summed E-state index contributed by atoms with van der Waals surface area (Å²) in [5.74, 6) is 1.10. The van der Waals surface area contributed by atoms with Crippen LogP contribution in [-0.4, -0.2) is 43.3 Å². The van der Waals surface area contributed by atoms with E-state index in [2.05, 4.69) is 0 Å². The molecular formula is C13H17NO4. The molecule has 0 aliphatic carbocycles. The molecule has 1 aromatic rings. The summed E-state index contributed by atoms with van der Waals surface area (Å²) in [6.07, 6.45) is -0.525. The van der Waals surface area contributed by atoms with E-state index in [4.69, 9.17) is 9.47 Å². The van der Waals surface area contributed by atoms with Gasteiger partial charge in [-0.15, -0.1) is 0 Å². The second-order valence-corrected chi connectivity index (χ2v) is 4.36. The number of ether oxygens (including phenoxy) is 2. The van der Waals surface area contributed by atoms with Gasteiger partial charge in [-0.25, -0.2) is 0 Å². The zero-order chi connectivity index (χ0) is 13.3. The first-order valence-corrected chi connectivity index (χ1v) is 5.74. The maximum Gasteiger partial charge on any atom is 0.251 e. The highest BCUT2D eigenvalue weighted by Crippen LogP contribution is 2.35. The third-order valence-electron chi connectivity index (χ3n) is 3.31. The Hall–Kier alpha value is -1.75. The maximum absolute atomic E-state index is 11.6. The molecule has 0 bridgehead atoms. The molecule has 0 radical (unpaired) electrons. The second kappa shape index (κ2) is 4.86. The van der Waals surface area contributed by atoms with Crippen molar-refractivity contribution in [2.75, 3.05) is 21.3 Å². The number of nitrogens with zero attached hydrogens (tertiary/aromatic N) is 1. The lowest BCUT2D eigenvalue weighted by molar-refractivity contribution is -0.134. The van der Waals surface area contributed by atoms with Gasteiger partial charge in [0.05, 0.1) is 20.3 Å². The Balaban J connectivity index is 2.36. The molecule has 0 aromatic heterocycles. The SMILES string of the molecule is COc1cc(OC)cc([C@H]2C[C@H](O)C(=O)N2C)c1. The van der Waals surface area contributed by atoms with Crippen LogP contribution in [0.15, 0.2) is 18.2 Å². The lowest BCUT2D eigenvalue weighted by atomic mass is 10.0. The molecule has 1 saturated heterocycles. The highest BCUT2D eigenvalue weighted by atomic mass is 16.5. The number of methoxy groups -OCH3 is 2. The number of hydrogen-bond donors (Lipinski definition) is 1. The monoisotopic (exact) mass is 251 g/mol. The molecule has 1 fully saturated rings. The molecule has 1 aliphatic heterocycles. The molecule has 1 N–H and O–H groups in total. The van der Waals surface area contributed by atoms with E-state index in [-0.39, 0.29) is 11.9 Å². The third kappa shape index (κ3) is 2.13. The van der Waals surface area contributed by atoms with Crippen molar-refractivity contribution in [2.24, 2.45) is 0 Å². The summed E-state index contributed by atoms with van der Waals surface area (Å²) >= 11 is 0. The minimum Gasteiger partial charge on any atom is -0.497 e. The van der Waals surface area contributed by atoms with Gasteiger partial charge < -0.3 is 19.5 Å². The smallest absolute Gasteiger partial charge is 0.251 e. The summed E-state index contributed by atoms with van der Waals surface area (Å²) in [6, 6.07) is 5.34. The topological polar surface area (TPSA) is 59.0 Å². The molecule has 1 amide bonds. The van der Waals surface area contributed by atoms with Crippen molar-refractivity contribution in [1.29, 1.82) is 0 Å². The van der Waals surface area contributed by atoms with Gasteiger partial charge in [0.15, 0.2) is 0 Å². The Morgan fingerprint density at radius 1 is 1.22 bits per heavy atom. The Labute approximate surface area is 106 Å². The van der Waals surface area contributed by atoms with Gasteiger partial charge in [0, 0.05) is 19.5 Å². The first kappa shape index (κ1) is 12.7. The van der Waals surface area contributed by atoms with Crippen LogP contribution in [0, 0.1) is 0 Å². The van der Waals surface area contributed by atoms with E-state index in [1.807, 2.05) is 12.1 Å². The summed E-state index contributed by atoms with van der Waals surface area (Å²) in [7, 11) is 4.85. The third-order valence-corrected chi connectivity index (χ3v) is 3.31. The molecule has 5 heteroatoms. The van der Waals surface area contributed by atoms with Crippen molar-refractivity contribution >= 4 is 5.91 Å². The van der Waals surface area contributed by atoms with Gasteiger partial charge in [-0.1, -0.05) is 0 Å². The molecule has 0 spiro atoms. The number of aliphatic hydroxyl groups excluding tert-OH is 1. The van der Waals surface area contributed by atoms with Crippen LogP contribution in [0.5, 0.6) is 11.5 Å². The normalized spacial score (nSPS) is 23.3. The summed E-state index contributed by atoms with van der Waals surface area (Å²) in [6.45, 7) is 0. The summed E-state index contributed by atoms with van der Waals surface area (Å²) in [5.41, 5.74) is 0.901. The standard InChI is InChI=1S/C13H17NO4/c1-14-11(7-12(15)13(14)16)8-4-9(17-2)6-10(5-8)18-3/h4-6,11-12,15H,7H2,1-3H3/t11-,12+/m1/s1. The van der Waals surface area contributed by atoms with Crippen LogP contribution in [0.1, 0.15) is 18.0 Å². The number of likely N-dealkylation sites (tertiary alicyclic amines) is 1. The number of carbonyl (C=O) groups is 1. The summed E-state index contributed by atoms with van der Waals surface area (Å²) in [4.78, 5) is 13.2. The average molecular weight is 251 g/mol. The molecule has 98 valence electrons. The van der Waals surface area contributed by atoms with E-state index < -0.39 is 6.10 Å². The number of hydrogen-bond acceptors (Lipinski definition) is 4. The predicted octanol–water partition coefficient (Wildman–Crippen LogP) is 0.968. The molecule has 1 aromatic carbocycles. The fraction of sp³-hybridized carbons (Fsp3) is 0.462. The van der Waals surface area contributed by atoms with Gasteiger partial charge in [0.25, 0.3) is 5.91 Å². The fourth-order valence-corrected chi connectivity index (χ4v) is 2.24. The van der Waals surface area contributed by atoms with Gasteiger partial charge >= 0.3 is 0 Å². The quantitative estimate of drug-likeness (QED) is 0.869. The van der Waals surface area contributed by atoms with Gasteiger partial charge in [-0.3, -0.25) is 4.79 Å². The van der Waals surface area contributed by atoms with E-state index in [1.54, 1.807) is 32.2 Å². The number of amides is 1. The molecule has 5 nitrogen and oxygen atoms in total. The molecular weight excluding hydrogens is 234 g/mol. The molecule has 1 aliphatic rings. The molecule has 0 saturated carbocycles. The number of likely N-dealkylation sites (N-methyl/N-ethyl adjacent to an activating group) is 1. The van der Waals surface area contributed by atoms with Crippen LogP contribution in [-0.2, 0) is 4.79 Å². The Morgan fingerprint density at radius 3 is 2.17 bits per heavy atom. The van der Waals surface area contributed by atoms with Crippen LogP contribution in [0.2, 0.25) is 0 Å². The second-order valence-electron chi connectivity index (χ2n) is 4.36. The van der Waals surface area contributed by atoms with Crippen LogP contribution < -0.4 is 9.47 Å². The van der Waals surface area contributed by atoms with E-state index in [0.717, 1.165) is 5.56 Å². The van der Waals surface area contributed by atoms with Gasteiger partial charge in [-0.2, -0.15) is 0 Å². The zero-order valence-corrected chi connectivity index (χ0v) is 10.7. The predicted molar refractivity (Wildman–Crippen MR) is 65.7 cm³/mol. The van der Waals surface area contributed by atoms with Gasteiger partial charge in [-0.05, 0) is 17.7 Å². The molecule has 2 rings (SSSR count). The summed E-state index contributed by atoms with van der Waals surface area (Å²) in [5, 5.41) is 9.60. The Kier molecular flexibility index (Phi) is 3.43. The van der Waals surface area contributed by atoms with Gasteiger partial charge in [0.1, 0.15) is 17.6 Å². The number of aliphatic hydroxyl groups is 1.